The molecule has 0 aromatic heterocycles. The third-order valence-corrected chi connectivity index (χ3v) is 3.67. The second kappa shape index (κ2) is 5.65. The molecule has 0 heterocycles. The van der Waals surface area contributed by atoms with Gasteiger partial charge in [-0.15, -0.1) is 0 Å². The van der Waals surface area contributed by atoms with Gasteiger partial charge in [0.05, 0.1) is 5.69 Å². The number of carbonyl (C=O) groups excluding carboxylic acids is 1. The van der Waals surface area contributed by atoms with Gasteiger partial charge >= 0.3 is 0 Å². The number of anilines is 1. The second-order valence-electron chi connectivity index (χ2n) is 4.23. The third kappa shape index (κ3) is 3.30. The minimum Gasteiger partial charge on any atom is -0.369 e. The molecule has 0 saturated carbocycles. The van der Waals surface area contributed by atoms with Gasteiger partial charge in [-0.25, -0.2) is 0 Å². The molecule has 0 aliphatic rings. The highest BCUT2D eigenvalue weighted by molar-refractivity contribution is 9.10. The predicted molar refractivity (Wildman–Crippen MR) is 73.2 cm³/mol. The largest absolute Gasteiger partial charge is 0.369 e. The van der Waals surface area contributed by atoms with Crippen molar-refractivity contribution in [2.24, 2.45) is 0 Å². The van der Waals surface area contributed by atoms with E-state index in [-0.39, 0.29) is 5.91 Å². The highest BCUT2D eigenvalue weighted by Gasteiger charge is 2.31. The van der Waals surface area contributed by atoms with Crippen molar-refractivity contribution in [2.45, 2.75) is 32.8 Å². The summed E-state index contributed by atoms with van der Waals surface area (Å²) < 4.78 is 6.13. The van der Waals surface area contributed by atoms with Crippen LogP contribution in [-0.4, -0.2) is 18.6 Å². The Hall–Kier alpha value is -0.870. The van der Waals surface area contributed by atoms with Gasteiger partial charge in [0.25, 0.3) is 5.91 Å². The van der Waals surface area contributed by atoms with Crippen LogP contribution in [0.3, 0.4) is 0 Å². The predicted octanol–water partition coefficient (Wildman–Crippen LogP) is 3.51. The van der Waals surface area contributed by atoms with Crippen LogP contribution in [0.25, 0.3) is 0 Å². The molecule has 1 amide bonds. The Bertz CT molecular complexity index is 414. The Morgan fingerprint density at radius 2 is 2.18 bits per heavy atom. The van der Waals surface area contributed by atoms with Crippen LogP contribution >= 0.6 is 15.9 Å². The van der Waals surface area contributed by atoms with Crippen molar-refractivity contribution in [3.63, 3.8) is 0 Å². The van der Waals surface area contributed by atoms with Crippen molar-refractivity contribution in [1.82, 2.24) is 0 Å². The average Bonchev–Trinajstić information content (AvgIpc) is 2.32. The van der Waals surface area contributed by atoms with Gasteiger partial charge in [0.2, 0.25) is 0 Å². The van der Waals surface area contributed by atoms with Crippen molar-refractivity contribution in [3.05, 3.63) is 28.2 Å². The lowest BCUT2D eigenvalue weighted by Crippen LogP contribution is -2.41. The molecule has 1 N–H and O–H groups in total. The summed E-state index contributed by atoms with van der Waals surface area (Å²) in [6.45, 7) is 5.69. The Labute approximate surface area is 111 Å². The molecule has 94 valence electrons. The monoisotopic (exact) mass is 299 g/mol. The maximum absolute atomic E-state index is 12.1. The molecule has 1 aromatic carbocycles. The number of methoxy groups -OCH3 is 1. The molecule has 0 radical (unpaired) electrons. The number of rotatable bonds is 4. The molecule has 0 aliphatic heterocycles. The summed E-state index contributed by atoms with van der Waals surface area (Å²) in [6.07, 6.45) is 0.624. The third-order valence-electron chi connectivity index (χ3n) is 2.98. The van der Waals surface area contributed by atoms with E-state index >= 15 is 0 Å². The number of amides is 1. The Balaban J connectivity index is 2.91. The van der Waals surface area contributed by atoms with E-state index in [0.29, 0.717) is 6.42 Å². The average molecular weight is 300 g/mol. The fourth-order valence-corrected chi connectivity index (χ4v) is 1.73. The number of halogens is 1. The normalized spacial score (nSPS) is 14.2. The maximum Gasteiger partial charge on any atom is 0.256 e. The number of ether oxygens (including phenoxy) is 1. The zero-order valence-corrected chi connectivity index (χ0v) is 12.2. The van der Waals surface area contributed by atoms with Gasteiger partial charge in [0.1, 0.15) is 5.60 Å². The first kappa shape index (κ1) is 14.2. The molecule has 17 heavy (non-hydrogen) atoms. The fraction of sp³-hybridized carbons (Fsp3) is 0.462. The van der Waals surface area contributed by atoms with Gasteiger partial charge in [0, 0.05) is 11.6 Å². The van der Waals surface area contributed by atoms with E-state index in [0.717, 1.165) is 15.7 Å². The van der Waals surface area contributed by atoms with Crippen molar-refractivity contribution >= 4 is 27.5 Å². The van der Waals surface area contributed by atoms with Crippen LogP contribution in [0.4, 0.5) is 5.69 Å². The van der Waals surface area contributed by atoms with Crippen LogP contribution in [0.5, 0.6) is 0 Å². The lowest BCUT2D eigenvalue weighted by Gasteiger charge is -2.25. The van der Waals surface area contributed by atoms with Gasteiger partial charge in [-0.05, 0) is 53.9 Å². The lowest BCUT2D eigenvalue weighted by atomic mass is 10.0. The fourth-order valence-electron chi connectivity index (χ4n) is 1.39. The van der Waals surface area contributed by atoms with Gasteiger partial charge < -0.3 is 10.1 Å². The molecule has 0 spiro atoms. The van der Waals surface area contributed by atoms with Crippen LogP contribution in [0.15, 0.2) is 22.7 Å². The number of carbonyl (C=O) groups is 1. The van der Waals surface area contributed by atoms with E-state index in [1.54, 1.807) is 14.0 Å². The SMILES string of the molecule is CCC(C)(OC)C(=O)Nc1cc(C)ccc1Br. The molecular formula is C13H18BrNO2. The van der Waals surface area contributed by atoms with Gasteiger partial charge in [-0.3, -0.25) is 4.79 Å². The Kier molecular flexibility index (Phi) is 4.71. The molecule has 0 fully saturated rings. The first-order valence-corrected chi connectivity index (χ1v) is 6.35. The summed E-state index contributed by atoms with van der Waals surface area (Å²) in [6, 6.07) is 5.82. The number of nitrogens with one attached hydrogen (secondary N) is 1. The van der Waals surface area contributed by atoms with E-state index in [1.165, 1.54) is 0 Å². The quantitative estimate of drug-likeness (QED) is 0.924. The summed E-state index contributed by atoms with van der Waals surface area (Å²) in [4.78, 5) is 12.1. The standard InChI is InChI=1S/C13H18BrNO2/c1-5-13(3,17-4)12(16)15-11-8-9(2)6-7-10(11)14/h6-8H,5H2,1-4H3,(H,15,16). The highest BCUT2D eigenvalue weighted by Crippen LogP contribution is 2.25. The molecule has 1 unspecified atom stereocenters. The van der Waals surface area contributed by atoms with E-state index in [1.807, 2.05) is 32.0 Å². The van der Waals surface area contributed by atoms with Crippen LogP contribution in [0.2, 0.25) is 0 Å². The van der Waals surface area contributed by atoms with Crippen LogP contribution in [0.1, 0.15) is 25.8 Å². The molecule has 1 atom stereocenters. The molecule has 4 heteroatoms. The van der Waals surface area contributed by atoms with Gasteiger partial charge in [-0.1, -0.05) is 13.0 Å². The maximum atomic E-state index is 12.1. The first-order valence-electron chi connectivity index (χ1n) is 5.55. The lowest BCUT2D eigenvalue weighted by molar-refractivity contribution is -0.136. The van der Waals surface area contributed by atoms with Gasteiger partial charge in [-0.2, -0.15) is 0 Å². The molecular weight excluding hydrogens is 282 g/mol. The minimum atomic E-state index is -0.789. The smallest absolute Gasteiger partial charge is 0.256 e. The van der Waals surface area contributed by atoms with E-state index in [4.69, 9.17) is 4.74 Å². The Morgan fingerprint density at radius 1 is 1.53 bits per heavy atom. The van der Waals surface area contributed by atoms with Crippen molar-refractivity contribution < 1.29 is 9.53 Å². The van der Waals surface area contributed by atoms with Crippen LogP contribution < -0.4 is 5.32 Å². The topological polar surface area (TPSA) is 38.3 Å². The van der Waals surface area contributed by atoms with Crippen molar-refractivity contribution in [3.8, 4) is 0 Å². The molecule has 3 nitrogen and oxygen atoms in total. The van der Waals surface area contributed by atoms with Gasteiger partial charge in [0.15, 0.2) is 0 Å². The molecule has 0 aliphatic carbocycles. The van der Waals surface area contributed by atoms with Crippen LogP contribution in [0, 0.1) is 6.92 Å². The molecule has 1 rings (SSSR count). The molecule has 1 aromatic rings. The number of aryl methyl sites for hydroxylation is 1. The summed E-state index contributed by atoms with van der Waals surface area (Å²) in [5.74, 6) is -0.131. The zero-order chi connectivity index (χ0) is 13.1. The van der Waals surface area contributed by atoms with Crippen LogP contribution in [-0.2, 0) is 9.53 Å². The van der Waals surface area contributed by atoms with E-state index in [9.17, 15) is 4.79 Å². The van der Waals surface area contributed by atoms with Crippen molar-refractivity contribution in [2.75, 3.05) is 12.4 Å². The highest BCUT2D eigenvalue weighted by atomic mass is 79.9. The summed E-state index contributed by atoms with van der Waals surface area (Å²) >= 11 is 3.41. The number of hydrogen-bond acceptors (Lipinski definition) is 2. The molecule has 0 bridgehead atoms. The summed E-state index contributed by atoms with van der Waals surface area (Å²) in [5.41, 5.74) is 1.08. The summed E-state index contributed by atoms with van der Waals surface area (Å²) in [5, 5.41) is 2.88. The van der Waals surface area contributed by atoms with E-state index < -0.39 is 5.60 Å². The second-order valence-corrected chi connectivity index (χ2v) is 5.08. The summed E-state index contributed by atoms with van der Waals surface area (Å²) in [7, 11) is 1.55. The number of benzene rings is 1. The molecule has 0 saturated heterocycles. The first-order chi connectivity index (χ1) is 7.92. The van der Waals surface area contributed by atoms with E-state index in [2.05, 4.69) is 21.2 Å². The zero-order valence-electron chi connectivity index (χ0n) is 10.6. The minimum absolute atomic E-state index is 0.131. The van der Waals surface area contributed by atoms with Crippen molar-refractivity contribution in [1.29, 1.82) is 0 Å². The number of hydrogen-bond donors (Lipinski definition) is 1. The Morgan fingerprint density at radius 3 is 2.71 bits per heavy atom.